The number of nitro benzene ring substituents is 1. The monoisotopic (exact) mass is 257 g/mol. The average Bonchev–Trinajstić information content (AvgIpc) is 2.30. The zero-order valence-electron chi connectivity index (χ0n) is 8.81. The van der Waals surface area contributed by atoms with Crippen LogP contribution in [0.25, 0.3) is 0 Å². The number of halogens is 1. The van der Waals surface area contributed by atoms with Gasteiger partial charge in [0.2, 0.25) is 5.78 Å². The number of hydrogen-bond acceptors (Lipinski definition) is 5. The Morgan fingerprint density at radius 3 is 2.65 bits per heavy atom. The van der Waals surface area contributed by atoms with Crippen molar-refractivity contribution in [3.05, 3.63) is 38.9 Å². The number of benzene rings is 1. The quantitative estimate of drug-likeness (QED) is 0.353. The highest BCUT2D eigenvalue weighted by molar-refractivity contribution is 6.36. The number of carbonyl (C=O) groups excluding carboxylic acids is 2. The van der Waals surface area contributed by atoms with E-state index in [0.717, 1.165) is 7.11 Å². The molecule has 0 saturated heterocycles. The molecule has 0 heterocycles. The Hall–Kier alpha value is -1.95. The van der Waals surface area contributed by atoms with E-state index < -0.39 is 23.1 Å². The van der Waals surface area contributed by atoms with E-state index in [1.165, 1.54) is 18.2 Å². The van der Waals surface area contributed by atoms with Gasteiger partial charge in [0.15, 0.2) is 0 Å². The summed E-state index contributed by atoms with van der Waals surface area (Å²) in [6.45, 7) is 0. The Labute approximate surface area is 101 Å². The van der Waals surface area contributed by atoms with Gasteiger partial charge in [-0.25, -0.2) is 4.79 Å². The summed E-state index contributed by atoms with van der Waals surface area (Å²) in [5.74, 6) is -1.94. The summed E-state index contributed by atoms with van der Waals surface area (Å²) in [6.07, 6.45) is -0.456. The second kappa shape index (κ2) is 5.40. The molecule has 0 radical (unpaired) electrons. The maximum absolute atomic E-state index is 11.3. The third-order valence-corrected chi connectivity index (χ3v) is 2.40. The first-order valence-corrected chi connectivity index (χ1v) is 4.88. The van der Waals surface area contributed by atoms with Crippen LogP contribution in [0.4, 0.5) is 5.69 Å². The van der Waals surface area contributed by atoms with E-state index in [1.54, 1.807) is 0 Å². The van der Waals surface area contributed by atoms with Crippen LogP contribution >= 0.6 is 11.6 Å². The highest BCUT2D eigenvalue weighted by Gasteiger charge is 2.23. The molecule has 0 unspecified atom stereocenters. The first kappa shape index (κ1) is 13.1. The predicted molar refractivity (Wildman–Crippen MR) is 58.8 cm³/mol. The number of hydrogen-bond donors (Lipinski definition) is 0. The van der Waals surface area contributed by atoms with Crippen molar-refractivity contribution < 1.29 is 19.2 Å². The van der Waals surface area contributed by atoms with Crippen LogP contribution in [-0.2, 0) is 20.7 Å². The minimum Gasteiger partial charge on any atom is -0.463 e. The molecule has 1 rings (SSSR count). The van der Waals surface area contributed by atoms with Gasteiger partial charge in [-0.15, -0.1) is 0 Å². The lowest BCUT2D eigenvalue weighted by Crippen LogP contribution is -2.18. The van der Waals surface area contributed by atoms with Crippen molar-refractivity contribution in [2.75, 3.05) is 7.11 Å². The fraction of sp³-hybridized carbons (Fsp3) is 0.200. The SMILES string of the molecule is COC(=O)C(=O)Cc1c(Cl)cccc1[N+](=O)[O-]. The molecule has 90 valence electrons. The van der Waals surface area contributed by atoms with Crippen molar-refractivity contribution >= 4 is 29.0 Å². The molecule has 1 aromatic carbocycles. The molecule has 0 fully saturated rings. The van der Waals surface area contributed by atoms with E-state index in [2.05, 4.69) is 4.74 Å². The molecule has 6 nitrogen and oxygen atoms in total. The third-order valence-electron chi connectivity index (χ3n) is 2.04. The van der Waals surface area contributed by atoms with Gasteiger partial charge in [-0.3, -0.25) is 14.9 Å². The fourth-order valence-electron chi connectivity index (χ4n) is 1.24. The summed E-state index contributed by atoms with van der Waals surface area (Å²) in [7, 11) is 1.06. The number of ether oxygens (including phenoxy) is 1. The molecule has 0 saturated carbocycles. The van der Waals surface area contributed by atoms with Crippen LogP contribution in [0.2, 0.25) is 5.02 Å². The van der Waals surface area contributed by atoms with E-state index in [0.29, 0.717) is 0 Å². The zero-order valence-corrected chi connectivity index (χ0v) is 9.56. The van der Waals surface area contributed by atoms with Gasteiger partial charge < -0.3 is 4.74 Å². The molecule has 0 aliphatic rings. The van der Waals surface area contributed by atoms with E-state index in [9.17, 15) is 19.7 Å². The summed E-state index contributed by atoms with van der Waals surface area (Å²) < 4.78 is 4.22. The largest absolute Gasteiger partial charge is 0.463 e. The minimum atomic E-state index is -1.06. The number of methoxy groups -OCH3 is 1. The number of nitrogens with zero attached hydrogens (tertiary/aromatic N) is 1. The van der Waals surface area contributed by atoms with Gasteiger partial charge in [-0.05, 0) is 6.07 Å². The van der Waals surface area contributed by atoms with Crippen molar-refractivity contribution in [2.45, 2.75) is 6.42 Å². The zero-order chi connectivity index (χ0) is 13.0. The molecule has 1 aromatic rings. The van der Waals surface area contributed by atoms with Gasteiger partial charge in [-0.1, -0.05) is 17.7 Å². The van der Waals surface area contributed by atoms with Gasteiger partial charge in [0, 0.05) is 6.07 Å². The first-order valence-electron chi connectivity index (χ1n) is 4.50. The fourth-order valence-corrected chi connectivity index (χ4v) is 1.48. The number of carbonyl (C=O) groups is 2. The Kier molecular flexibility index (Phi) is 4.17. The maximum Gasteiger partial charge on any atom is 0.374 e. The second-order valence-corrected chi connectivity index (χ2v) is 3.49. The van der Waals surface area contributed by atoms with Gasteiger partial charge in [0.05, 0.1) is 29.0 Å². The predicted octanol–water partition coefficient (Wildman–Crippen LogP) is 1.53. The molecule has 0 N–H and O–H groups in total. The van der Waals surface area contributed by atoms with Gasteiger partial charge in [-0.2, -0.15) is 0 Å². The van der Waals surface area contributed by atoms with Crippen LogP contribution in [0.15, 0.2) is 18.2 Å². The molecule has 0 atom stereocenters. The highest BCUT2D eigenvalue weighted by Crippen LogP contribution is 2.26. The van der Waals surface area contributed by atoms with Crippen molar-refractivity contribution in [2.24, 2.45) is 0 Å². The molecule has 17 heavy (non-hydrogen) atoms. The van der Waals surface area contributed by atoms with Crippen molar-refractivity contribution in [1.29, 1.82) is 0 Å². The number of ketones is 1. The maximum atomic E-state index is 11.3. The number of Topliss-reactive ketones (excluding diaryl/α,β-unsaturated/α-hetero) is 1. The van der Waals surface area contributed by atoms with Crippen molar-refractivity contribution in [1.82, 2.24) is 0 Å². The molecule has 0 spiro atoms. The minimum absolute atomic E-state index is 0.00886. The molecular formula is C10H8ClNO5. The van der Waals surface area contributed by atoms with E-state index in [1.807, 2.05) is 0 Å². The molecular weight excluding hydrogens is 250 g/mol. The van der Waals surface area contributed by atoms with Crippen LogP contribution in [0.5, 0.6) is 0 Å². The lowest BCUT2D eigenvalue weighted by atomic mass is 10.1. The summed E-state index contributed by atoms with van der Waals surface area (Å²) in [5, 5.41) is 10.8. The van der Waals surface area contributed by atoms with Crippen LogP contribution < -0.4 is 0 Å². The summed E-state index contributed by atoms with van der Waals surface area (Å²) in [5.41, 5.74) is -0.288. The van der Waals surface area contributed by atoms with Crippen LogP contribution in [-0.4, -0.2) is 23.8 Å². The normalized spacial score (nSPS) is 9.76. The topological polar surface area (TPSA) is 86.5 Å². The molecule has 0 aliphatic carbocycles. The van der Waals surface area contributed by atoms with Crippen LogP contribution in [0.3, 0.4) is 0 Å². The van der Waals surface area contributed by atoms with E-state index in [4.69, 9.17) is 11.6 Å². The average molecular weight is 258 g/mol. The molecule has 0 amide bonds. The van der Waals surface area contributed by atoms with Crippen molar-refractivity contribution in [3.63, 3.8) is 0 Å². The summed E-state index contributed by atoms with van der Waals surface area (Å²) in [4.78, 5) is 32.3. The molecule has 0 aromatic heterocycles. The highest BCUT2D eigenvalue weighted by atomic mass is 35.5. The lowest BCUT2D eigenvalue weighted by molar-refractivity contribution is -0.385. The van der Waals surface area contributed by atoms with Gasteiger partial charge >= 0.3 is 5.97 Å². The Morgan fingerprint density at radius 1 is 1.47 bits per heavy atom. The number of nitro groups is 1. The van der Waals surface area contributed by atoms with Gasteiger partial charge in [0.1, 0.15) is 0 Å². The summed E-state index contributed by atoms with van der Waals surface area (Å²) >= 11 is 5.76. The molecule has 7 heteroatoms. The van der Waals surface area contributed by atoms with E-state index >= 15 is 0 Å². The Bertz CT molecular complexity index is 486. The Morgan fingerprint density at radius 2 is 2.12 bits per heavy atom. The molecule has 0 bridgehead atoms. The third kappa shape index (κ3) is 3.01. The van der Waals surface area contributed by atoms with Crippen molar-refractivity contribution in [3.8, 4) is 0 Å². The first-order chi connectivity index (χ1) is 7.97. The lowest BCUT2D eigenvalue weighted by Gasteiger charge is -2.03. The second-order valence-electron chi connectivity index (χ2n) is 3.09. The van der Waals surface area contributed by atoms with Crippen LogP contribution in [0, 0.1) is 10.1 Å². The number of esters is 1. The summed E-state index contributed by atoms with van der Waals surface area (Å²) in [6, 6.07) is 4.02. The smallest absolute Gasteiger partial charge is 0.374 e. The van der Waals surface area contributed by atoms with Crippen LogP contribution in [0.1, 0.15) is 5.56 Å². The van der Waals surface area contributed by atoms with E-state index in [-0.39, 0.29) is 16.3 Å². The Balaban J connectivity index is 3.09. The molecule has 0 aliphatic heterocycles. The van der Waals surface area contributed by atoms with Gasteiger partial charge in [0.25, 0.3) is 5.69 Å². The number of rotatable bonds is 4. The standard InChI is InChI=1S/C10H8ClNO5/c1-17-10(14)9(13)5-6-7(11)3-2-4-8(6)12(15)16/h2-4H,5H2,1H3.